The van der Waals surface area contributed by atoms with Crippen LogP contribution in [0.3, 0.4) is 0 Å². The van der Waals surface area contributed by atoms with E-state index >= 15 is 0 Å². The molecule has 3 aromatic rings. The zero-order valence-electron chi connectivity index (χ0n) is 18.3. The van der Waals surface area contributed by atoms with E-state index in [1.54, 1.807) is 12.3 Å². The normalized spacial score (nSPS) is 14.8. The Morgan fingerprint density at radius 1 is 1.18 bits per heavy atom. The van der Waals surface area contributed by atoms with Crippen molar-refractivity contribution in [2.75, 3.05) is 11.9 Å². The van der Waals surface area contributed by atoms with Gasteiger partial charge in [0.2, 0.25) is 5.91 Å². The van der Waals surface area contributed by atoms with E-state index in [2.05, 4.69) is 10.4 Å². The third-order valence-corrected chi connectivity index (χ3v) is 6.67. The molecule has 1 fully saturated rings. The summed E-state index contributed by atoms with van der Waals surface area (Å²) in [6.07, 6.45) is -0.0119. The van der Waals surface area contributed by atoms with Gasteiger partial charge in [0.25, 0.3) is 5.56 Å². The second-order valence-corrected chi connectivity index (χ2v) is 8.89. The molecule has 2 aromatic heterocycles. The molecular formula is C23H22F3N3O4S. The summed E-state index contributed by atoms with van der Waals surface area (Å²) in [6, 6.07) is 3.86. The fourth-order valence-electron chi connectivity index (χ4n) is 4.04. The monoisotopic (exact) mass is 493 g/mol. The number of hydrogen-bond acceptors (Lipinski definition) is 6. The molecule has 0 spiro atoms. The molecule has 4 rings (SSSR count). The Hall–Kier alpha value is -3.21. The maximum atomic E-state index is 13.4. The number of fused-ring (bicyclic) bond motifs is 1. The van der Waals surface area contributed by atoms with Gasteiger partial charge in [-0.1, -0.05) is 19.3 Å². The van der Waals surface area contributed by atoms with Crippen LogP contribution in [0.1, 0.15) is 55.1 Å². The summed E-state index contributed by atoms with van der Waals surface area (Å²) in [5.74, 6) is -1.14. The van der Waals surface area contributed by atoms with Crippen molar-refractivity contribution in [1.82, 2.24) is 9.78 Å². The minimum Gasteiger partial charge on any atom is -0.461 e. The third kappa shape index (κ3) is 4.70. The lowest BCUT2D eigenvalue weighted by Crippen LogP contribution is -2.27. The lowest BCUT2D eigenvalue weighted by atomic mass is 9.89. The lowest BCUT2D eigenvalue weighted by molar-refractivity contribution is -0.137. The van der Waals surface area contributed by atoms with Gasteiger partial charge in [0.15, 0.2) is 5.69 Å². The molecule has 0 radical (unpaired) electrons. The Bertz CT molecular complexity index is 1280. The fraction of sp³-hybridized carbons (Fsp3) is 0.391. The predicted octanol–water partition coefficient (Wildman–Crippen LogP) is 5.16. The quantitative estimate of drug-likeness (QED) is 0.496. The maximum Gasteiger partial charge on any atom is 0.416 e. The Morgan fingerprint density at radius 2 is 1.85 bits per heavy atom. The molecule has 0 unspecified atom stereocenters. The largest absolute Gasteiger partial charge is 0.461 e. The molecule has 0 bridgehead atoms. The second kappa shape index (κ2) is 9.57. The van der Waals surface area contributed by atoms with Crippen LogP contribution in [0.25, 0.3) is 16.5 Å². The highest BCUT2D eigenvalue weighted by atomic mass is 32.1. The first kappa shape index (κ1) is 23.9. The average molecular weight is 494 g/mol. The van der Waals surface area contributed by atoms with E-state index in [-0.39, 0.29) is 45.6 Å². The number of nitrogens with zero attached hydrogens (tertiary/aromatic N) is 2. The van der Waals surface area contributed by atoms with Gasteiger partial charge >= 0.3 is 12.1 Å². The first-order valence-corrected chi connectivity index (χ1v) is 11.8. The Labute approximate surface area is 196 Å². The van der Waals surface area contributed by atoms with Crippen molar-refractivity contribution in [2.24, 2.45) is 5.92 Å². The minimum atomic E-state index is -4.54. The Morgan fingerprint density at radius 3 is 2.47 bits per heavy atom. The van der Waals surface area contributed by atoms with E-state index < -0.39 is 23.3 Å². The first-order valence-electron chi connectivity index (χ1n) is 10.9. The summed E-state index contributed by atoms with van der Waals surface area (Å²) in [4.78, 5) is 38.8. The molecule has 34 heavy (non-hydrogen) atoms. The summed E-state index contributed by atoms with van der Waals surface area (Å²) in [5, 5.41) is 9.02. The van der Waals surface area contributed by atoms with Gasteiger partial charge in [0.1, 0.15) is 5.00 Å². The summed E-state index contributed by atoms with van der Waals surface area (Å²) in [5.41, 5.74) is -1.66. The van der Waals surface area contributed by atoms with Gasteiger partial charge in [0.05, 0.1) is 23.2 Å². The van der Waals surface area contributed by atoms with E-state index in [4.69, 9.17) is 4.74 Å². The molecule has 1 aliphatic carbocycles. The molecule has 1 saturated carbocycles. The molecular weight excluding hydrogens is 471 g/mol. The number of ether oxygens (including phenoxy) is 1. The van der Waals surface area contributed by atoms with Crippen molar-refractivity contribution in [3.63, 3.8) is 0 Å². The number of benzene rings is 1. The number of carbonyl (C=O) groups is 2. The van der Waals surface area contributed by atoms with Crippen molar-refractivity contribution in [3.8, 4) is 5.69 Å². The Kier molecular flexibility index (Phi) is 6.74. The number of alkyl halides is 3. The SMILES string of the molecule is CCOC(=O)c1nn(-c2ccc(C(F)(F)F)cc2)c(=O)c2c(NC(=O)C3CCCCC3)scc12. The van der Waals surface area contributed by atoms with Gasteiger partial charge in [-0.25, -0.2) is 4.79 Å². The molecule has 2 heterocycles. The van der Waals surface area contributed by atoms with Crippen LogP contribution >= 0.6 is 11.3 Å². The highest BCUT2D eigenvalue weighted by Crippen LogP contribution is 2.33. The van der Waals surface area contributed by atoms with Crippen LogP contribution < -0.4 is 10.9 Å². The lowest BCUT2D eigenvalue weighted by Gasteiger charge is -2.20. The molecule has 1 aromatic carbocycles. The molecule has 0 aliphatic heterocycles. The maximum absolute atomic E-state index is 13.4. The summed E-state index contributed by atoms with van der Waals surface area (Å²) in [6.45, 7) is 1.68. The van der Waals surface area contributed by atoms with E-state index in [1.165, 1.54) is 0 Å². The molecule has 1 aliphatic rings. The van der Waals surface area contributed by atoms with E-state index in [0.29, 0.717) is 0 Å². The second-order valence-electron chi connectivity index (χ2n) is 8.01. The van der Waals surface area contributed by atoms with Crippen LogP contribution in [0.2, 0.25) is 0 Å². The minimum absolute atomic E-state index is 0.0428. The van der Waals surface area contributed by atoms with Crippen molar-refractivity contribution in [3.05, 3.63) is 51.3 Å². The van der Waals surface area contributed by atoms with Crippen LogP contribution in [0.4, 0.5) is 18.2 Å². The van der Waals surface area contributed by atoms with E-state index in [1.807, 2.05) is 0 Å². The van der Waals surface area contributed by atoms with Gasteiger partial charge in [-0.05, 0) is 44.0 Å². The number of nitrogens with one attached hydrogen (secondary N) is 1. The Balaban J connectivity index is 1.82. The highest BCUT2D eigenvalue weighted by Gasteiger charge is 2.30. The summed E-state index contributed by atoms with van der Waals surface area (Å²) >= 11 is 1.09. The molecule has 0 atom stereocenters. The summed E-state index contributed by atoms with van der Waals surface area (Å²) in [7, 11) is 0. The average Bonchev–Trinajstić information content (AvgIpc) is 3.23. The topological polar surface area (TPSA) is 90.3 Å². The van der Waals surface area contributed by atoms with Gasteiger partial charge in [-0.2, -0.15) is 23.0 Å². The number of anilines is 1. The molecule has 0 saturated heterocycles. The third-order valence-electron chi connectivity index (χ3n) is 5.77. The molecule has 1 amide bonds. The van der Waals surface area contributed by atoms with Crippen molar-refractivity contribution in [2.45, 2.75) is 45.2 Å². The van der Waals surface area contributed by atoms with Crippen LogP contribution in [0.15, 0.2) is 34.4 Å². The van der Waals surface area contributed by atoms with Gasteiger partial charge in [-0.3, -0.25) is 9.59 Å². The number of hydrogen-bond donors (Lipinski definition) is 1. The molecule has 7 nitrogen and oxygen atoms in total. The van der Waals surface area contributed by atoms with Crippen LogP contribution in [0, 0.1) is 5.92 Å². The molecule has 11 heteroatoms. The predicted molar refractivity (Wildman–Crippen MR) is 121 cm³/mol. The standard InChI is InChI=1S/C23H22F3N3O4S/c1-2-33-22(32)18-16-12-34-20(27-19(30)13-6-4-3-5-7-13)17(16)21(31)29(28-18)15-10-8-14(9-11-15)23(24,25)26/h8-13H,2-7H2,1H3,(H,27,30). The zero-order valence-corrected chi connectivity index (χ0v) is 19.1. The van der Waals surface area contributed by atoms with Gasteiger partial charge in [-0.15, -0.1) is 11.3 Å². The number of carbonyl (C=O) groups excluding carboxylic acids is 2. The number of halogens is 3. The van der Waals surface area contributed by atoms with Crippen LogP contribution in [-0.2, 0) is 15.7 Å². The van der Waals surface area contributed by atoms with Crippen LogP contribution in [0.5, 0.6) is 0 Å². The van der Waals surface area contributed by atoms with Crippen molar-refractivity contribution in [1.29, 1.82) is 0 Å². The van der Waals surface area contributed by atoms with Crippen molar-refractivity contribution < 1.29 is 27.5 Å². The van der Waals surface area contributed by atoms with Crippen molar-refractivity contribution >= 4 is 39.0 Å². The van der Waals surface area contributed by atoms with Gasteiger partial charge in [0, 0.05) is 16.7 Å². The van der Waals surface area contributed by atoms with E-state index in [0.717, 1.165) is 72.4 Å². The fourth-order valence-corrected chi connectivity index (χ4v) is 4.98. The number of aromatic nitrogens is 2. The smallest absolute Gasteiger partial charge is 0.416 e. The summed E-state index contributed by atoms with van der Waals surface area (Å²) < 4.78 is 44.8. The number of esters is 1. The van der Waals surface area contributed by atoms with E-state index in [9.17, 15) is 27.6 Å². The number of thiophene rings is 1. The molecule has 180 valence electrons. The number of amides is 1. The van der Waals surface area contributed by atoms with Gasteiger partial charge < -0.3 is 10.1 Å². The first-order chi connectivity index (χ1) is 16.2. The van der Waals surface area contributed by atoms with Crippen LogP contribution in [-0.4, -0.2) is 28.3 Å². The number of rotatable bonds is 5. The molecule has 1 N–H and O–H groups in total. The highest BCUT2D eigenvalue weighted by molar-refractivity contribution is 7.16. The zero-order chi connectivity index (χ0) is 24.5.